The van der Waals surface area contributed by atoms with E-state index in [0.29, 0.717) is 4.77 Å². The van der Waals surface area contributed by atoms with Gasteiger partial charge in [0.15, 0.2) is 6.67 Å². The van der Waals surface area contributed by atoms with Crippen molar-refractivity contribution in [2.75, 3.05) is 31.1 Å². The van der Waals surface area contributed by atoms with Gasteiger partial charge in [-0.1, -0.05) is 18.2 Å². The number of benzene rings is 2. The van der Waals surface area contributed by atoms with Crippen LogP contribution in [0.1, 0.15) is 5.82 Å². The normalized spacial score (nSPS) is 14.9. The third kappa shape index (κ3) is 4.06. The SMILES string of the molecule is Cc1nn(C[NH+]2CCN(c3ccc([N+](=O)[O-])cc3)CC2)c(=S)n1-c1ccccc1. The molecule has 0 aliphatic carbocycles. The molecule has 0 radical (unpaired) electrons. The van der Waals surface area contributed by atoms with Crippen molar-refractivity contribution < 1.29 is 9.82 Å². The van der Waals surface area contributed by atoms with Gasteiger partial charge in [0.05, 0.1) is 31.1 Å². The molecule has 9 heteroatoms. The second-order valence-corrected chi connectivity index (χ2v) is 7.53. The molecule has 8 nitrogen and oxygen atoms in total. The van der Waals surface area contributed by atoms with E-state index < -0.39 is 0 Å². The van der Waals surface area contributed by atoms with Crippen LogP contribution in [0.5, 0.6) is 0 Å². The van der Waals surface area contributed by atoms with Crippen LogP contribution in [-0.4, -0.2) is 45.4 Å². The van der Waals surface area contributed by atoms with Crippen LogP contribution in [0.2, 0.25) is 0 Å². The number of aromatic nitrogens is 3. The molecule has 1 aromatic heterocycles. The van der Waals surface area contributed by atoms with E-state index in [9.17, 15) is 10.1 Å². The smallest absolute Gasteiger partial charge is 0.269 e. The standard InChI is InChI=1S/C20H22N6O2S/c1-16-21-24(20(29)25(16)18-5-3-2-4-6-18)15-22-11-13-23(14-12-22)17-7-9-19(10-8-17)26(27)28/h2-10H,11-15H2,1H3/p+1. The maximum absolute atomic E-state index is 10.8. The fourth-order valence-corrected chi connectivity index (χ4v) is 4.07. The van der Waals surface area contributed by atoms with Gasteiger partial charge in [-0.15, -0.1) is 0 Å². The lowest BCUT2D eigenvalue weighted by Gasteiger charge is -2.33. The number of para-hydroxylation sites is 1. The minimum absolute atomic E-state index is 0.122. The molecule has 4 rings (SSSR count). The molecule has 29 heavy (non-hydrogen) atoms. The Kier molecular flexibility index (Phi) is 5.41. The van der Waals surface area contributed by atoms with Gasteiger partial charge in [-0.3, -0.25) is 14.7 Å². The molecule has 0 saturated carbocycles. The van der Waals surface area contributed by atoms with Crippen molar-refractivity contribution in [2.24, 2.45) is 0 Å². The van der Waals surface area contributed by atoms with E-state index >= 15 is 0 Å². The third-order valence-corrected chi connectivity index (χ3v) is 5.68. The van der Waals surface area contributed by atoms with Crippen molar-refractivity contribution in [1.82, 2.24) is 14.3 Å². The van der Waals surface area contributed by atoms with Crippen LogP contribution >= 0.6 is 12.2 Å². The van der Waals surface area contributed by atoms with Gasteiger partial charge in [0.2, 0.25) is 4.77 Å². The summed E-state index contributed by atoms with van der Waals surface area (Å²) in [6.07, 6.45) is 0. The zero-order valence-electron chi connectivity index (χ0n) is 16.2. The lowest BCUT2D eigenvalue weighted by molar-refractivity contribution is -0.924. The quantitative estimate of drug-likeness (QED) is 0.395. The highest BCUT2D eigenvalue weighted by Crippen LogP contribution is 2.19. The van der Waals surface area contributed by atoms with E-state index in [2.05, 4.69) is 10.00 Å². The van der Waals surface area contributed by atoms with Crippen LogP contribution in [-0.2, 0) is 6.67 Å². The highest BCUT2D eigenvalue weighted by Gasteiger charge is 2.22. The molecule has 0 unspecified atom stereocenters. The molecule has 1 N–H and O–H groups in total. The van der Waals surface area contributed by atoms with E-state index in [1.165, 1.54) is 4.90 Å². The van der Waals surface area contributed by atoms with E-state index in [1.54, 1.807) is 12.1 Å². The Morgan fingerprint density at radius 3 is 2.34 bits per heavy atom. The number of hydrogen-bond donors (Lipinski definition) is 1. The summed E-state index contributed by atoms with van der Waals surface area (Å²) in [7, 11) is 0. The summed E-state index contributed by atoms with van der Waals surface area (Å²) in [5, 5.41) is 15.5. The molecule has 1 aliphatic heterocycles. The van der Waals surface area contributed by atoms with E-state index in [4.69, 9.17) is 12.2 Å². The van der Waals surface area contributed by atoms with Crippen LogP contribution in [0.3, 0.4) is 0 Å². The zero-order valence-corrected chi connectivity index (χ0v) is 17.0. The molecule has 0 bridgehead atoms. The van der Waals surface area contributed by atoms with Gasteiger partial charge in [0.1, 0.15) is 5.82 Å². The Labute approximate surface area is 173 Å². The second-order valence-electron chi connectivity index (χ2n) is 7.17. The average Bonchev–Trinajstić information content (AvgIpc) is 3.02. The summed E-state index contributed by atoms with van der Waals surface area (Å²) in [5.74, 6) is 0.880. The summed E-state index contributed by atoms with van der Waals surface area (Å²) >= 11 is 5.68. The number of anilines is 1. The topological polar surface area (TPSA) is 73.6 Å². The monoisotopic (exact) mass is 411 g/mol. The minimum atomic E-state index is -0.369. The number of aryl methyl sites for hydroxylation is 1. The molecule has 1 aliphatic rings. The fourth-order valence-electron chi connectivity index (χ4n) is 3.73. The fraction of sp³-hybridized carbons (Fsp3) is 0.300. The number of nitrogens with one attached hydrogen (secondary N) is 1. The molecule has 2 heterocycles. The molecule has 150 valence electrons. The van der Waals surface area contributed by atoms with Gasteiger partial charge in [-0.2, -0.15) is 9.78 Å². The number of piperazine rings is 1. The lowest BCUT2D eigenvalue weighted by atomic mass is 10.2. The Morgan fingerprint density at radius 2 is 1.72 bits per heavy atom. The lowest BCUT2D eigenvalue weighted by Crippen LogP contribution is -3.14. The molecule has 1 saturated heterocycles. The van der Waals surface area contributed by atoms with Crippen molar-refractivity contribution in [2.45, 2.75) is 13.6 Å². The number of nitrogens with zero attached hydrogens (tertiary/aromatic N) is 5. The maximum Gasteiger partial charge on any atom is 0.269 e. The van der Waals surface area contributed by atoms with Crippen molar-refractivity contribution in [1.29, 1.82) is 0 Å². The Hall–Kier alpha value is -3.04. The first-order chi connectivity index (χ1) is 14.0. The highest BCUT2D eigenvalue weighted by atomic mass is 32.1. The number of quaternary nitrogens is 1. The Bertz CT molecular complexity index is 1050. The first-order valence-electron chi connectivity index (χ1n) is 9.58. The largest absolute Gasteiger partial charge is 0.360 e. The van der Waals surface area contributed by atoms with E-state index in [1.807, 2.05) is 58.6 Å². The van der Waals surface area contributed by atoms with Gasteiger partial charge in [0, 0.05) is 23.5 Å². The molecule has 0 amide bonds. The maximum atomic E-state index is 10.8. The van der Waals surface area contributed by atoms with Crippen LogP contribution < -0.4 is 9.80 Å². The Morgan fingerprint density at radius 1 is 1.07 bits per heavy atom. The molecular weight excluding hydrogens is 388 g/mol. The summed E-state index contributed by atoms with van der Waals surface area (Å²) in [6, 6.07) is 16.8. The molecule has 0 atom stereocenters. The highest BCUT2D eigenvalue weighted by molar-refractivity contribution is 7.71. The Balaban J connectivity index is 1.41. The molecule has 0 spiro atoms. The van der Waals surface area contributed by atoms with E-state index in [-0.39, 0.29) is 10.6 Å². The predicted molar refractivity (Wildman–Crippen MR) is 113 cm³/mol. The number of nitro benzene ring substituents is 1. The summed E-state index contributed by atoms with van der Waals surface area (Å²) in [5.41, 5.74) is 2.17. The van der Waals surface area contributed by atoms with Crippen LogP contribution in [0, 0.1) is 21.8 Å². The molecule has 1 fully saturated rings. The molecule has 3 aromatic rings. The summed E-state index contributed by atoms with van der Waals surface area (Å²) < 4.78 is 4.62. The van der Waals surface area contributed by atoms with Crippen LogP contribution in [0.15, 0.2) is 54.6 Å². The van der Waals surface area contributed by atoms with Gasteiger partial charge in [-0.25, -0.2) is 0 Å². The molecule has 2 aromatic carbocycles. The van der Waals surface area contributed by atoms with Crippen molar-refractivity contribution >= 4 is 23.6 Å². The van der Waals surface area contributed by atoms with Crippen molar-refractivity contribution in [3.05, 3.63) is 75.3 Å². The first-order valence-corrected chi connectivity index (χ1v) is 9.98. The number of rotatable bonds is 5. The van der Waals surface area contributed by atoms with Gasteiger partial charge in [-0.05, 0) is 43.4 Å². The summed E-state index contributed by atoms with van der Waals surface area (Å²) in [6.45, 7) is 6.39. The molecular formula is C20H23N6O2S+. The minimum Gasteiger partial charge on any atom is -0.360 e. The van der Waals surface area contributed by atoms with Crippen LogP contribution in [0.4, 0.5) is 11.4 Å². The van der Waals surface area contributed by atoms with Gasteiger partial charge in [0.25, 0.3) is 5.69 Å². The number of non-ortho nitro benzene ring substituents is 1. The number of hydrogen-bond acceptors (Lipinski definition) is 5. The van der Waals surface area contributed by atoms with E-state index in [0.717, 1.165) is 50.0 Å². The summed E-state index contributed by atoms with van der Waals surface area (Å²) in [4.78, 5) is 14.1. The first kappa shape index (κ1) is 19.3. The third-order valence-electron chi connectivity index (χ3n) is 5.29. The van der Waals surface area contributed by atoms with Gasteiger partial charge >= 0.3 is 0 Å². The zero-order chi connectivity index (χ0) is 20.4. The second kappa shape index (κ2) is 8.14. The van der Waals surface area contributed by atoms with Gasteiger partial charge < -0.3 is 9.80 Å². The van der Waals surface area contributed by atoms with Crippen molar-refractivity contribution in [3.63, 3.8) is 0 Å². The predicted octanol–water partition coefficient (Wildman–Crippen LogP) is 1.98. The van der Waals surface area contributed by atoms with Crippen molar-refractivity contribution in [3.8, 4) is 5.69 Å². The average molecular weight is 412 g/mol. The van der Waals surface area contributed by atoms with Crippen LogP contribution in [0.25, 0.3) is 5.69 Å². The number of nitro groups is 1.